The molecular formula is C38H73NO8. The summed E-state index contributed by atoms with van der Waals surface area (Å²) in [5.74, 6) is -0.156. The van der Waals surface area contributed by atoms with Gasteiger partial charge in [-0.1, -0.05) is 135 Å². The maximum atomic E-state index is 12.9. The molecule has 0 aromatic heterocycles. The number of aliphatic hydroxyl groups excluding tert-OH is 5. The van der Waals surface area contributed by atoms with Crippen molar-refractivity contribution < 1.29 is 39.8 Å². The van der Waals surface area contributed by atoms with Gasteiger partial charge in [-0.3, -0.25) is 4.79 Å². The first-order valence-electron chi connectivity index (χ1n) is 19.4. The van der Waals surface area contributed by atoms with Crippen molar-refractivity contribution in [1.29, 1.82) is 0 Å². The highest BCUT2D eigenvalue weighted by atomic mass is 16.7. The Morgan fingerprint density at radius 2 is 1.19 bits per heavy atom. The highest BCUT2D eigenvalue weighted by molar-refractivity contribution is 5.76. The summed E-state index contributed by atoms with van der Waals surface area (Å²) in [6.45, 7) is 3.77. The molecule has 0 aromatic rings. The minimum Gasteiger partial charge on any atom is -0.394 e. The van der Waals surface area contributed by atoms with Crippen LogP contribution in [0.5, 0.6) is 0 Å². The zero-order valence-electron chi connectivity index (χ0n) is 30.0. The molecule has 1 aliphatic heterocycles. The third-order valence-corrected chi connectivity index (χ3v) is 9.37. The van der Waals surface area contributed by atoms with Gasteiger partial charge in [-0.15, -0.1) is 0 Å². The Kier molecular flexibility index (Phi) is 27.9. The lowest BCUT2D eigenvalue weighted by atomic mass is 9.99. The second-order valence-corrected chi connectivity index (χ2v) is 13.7. The van der Waals surface area contributed by atoms with E-state index < -0.39 is 49.5 Å². The van der Waals surface area contributed by atoms with Gasteiger partial charge in [0.15, 0.2) is 6.29 Å². The van der Waals surface area contributed by atoms with Crippen LogP contribution in [0, 0.1) is 0 Å². The molecular weight excluding hydrogens is 598 g/mol. The van der Waals surface area contributed by atoms with Crippen LogP contribution < -0.4 is 5.32 Å². The summed E-state index contributed by atoms with van der Waals surface area (Å²) >= 11 is 0. The molecule has 0 radical (unpaired) electrons. The predicted molar refractivity (Wildman–Crippen MR) is 189 cm³/mol. The van der Waals surface area contributed by atoms with E-state index in [0.29, 0.717) is 12.8 Å². The Bertz CT molecular complexity index is 751. The molecule has 1 saturated heterocycles. The van der Waals surface area contributed by atoms with Gasteiger partial charge in [-0.25, -0.2) is 0 Å². The number of hydrogen-bond donors (Lipinski definition) is 6. The zero-order valence-corrected chi connectivity index (χ0v) is 30.0. The van der Waals surface area contributed by atoms with Gasteiger partial charge in [0.1, 0.15) is 24.4 Å². The second kappa shape index (κ2) is 29.8. The van der Waals surface area contributed by atoms with E-state index in [1.165, 1.54) is 89.9 Å². The van der Waals surface area contributed by atoms with Crippen LogP contribution in [-0.2, 0) is 14.3 Å². The summed E-state index contributed by atoms with van der Waals surface area (Å²) in [5, 5.41) is 53.9. The number of carbonyl (C=O) groups is 1. The summed E-state index contributed by atoms with van der Waals surface area (Å²) in [5.41, 5.74) is 0. The molecule has 0 spiro atoms. The van der Waals surface area contributed by atoms with Crippen molar-refractivity contribution in [3.8, 4) is 0 Å². The van der Waals surface area contributed by atoms with Crippen molar-refractivity contribution in [3.05, 3.63) is 12.2 Å². The van der Waals surface area contributed by atoms with Gasteiger partial charge in [0.05, 0.1) is 25.4 Å². The molecule has 1 amide bonds. The minimum absolute atomic E-state index is 0.139. The molecule has 9 nitrogen and oxygen atoms in total. The third-order valence-electron chi connectivity index (χ3n) is 9.37. The van der Waals surface area contributed by atoms with Crippen LogP contribution >= 0.6 is 0 Å². The molecule has 278 valence electrons. The number of rotatable bonds is 31. The van der Waals surface area contributed by atoms with E-state index in [0.717, 1.165) is 51.4 Å². The van der Waals surface area contributed by atoms with Crippen LogP contribution in [0.15, 0.2) is 12.2 Å². The standard InChI is InChI=1S/C38H73NO8/c1-3-5-7-9-11-13-14-15-16-17-18-20-22-24-26-28-34(42)39-31(32(41)27-25-23-21-19-12-10-8-6-4-2)30-46-38-37(45)36(44)35(43)33(29-40)47-38/h15-16,31-33,35-38,40-41,43-45H,3-14,17-30H2,1-2H3,(H,39,42)/b16-15+/t31-,32+,33-,35-,36?,37?,38-/m0/s1. The van der Waals surface area contributed by atoms with Crippen molar-refractivity contribution in [3.63, 3.8) is 0 Å². The average Bonchev–Trinajstić information content (AvgIpc) is 3.07. The average molecular weight is 672 g/mol. The summed E-state index contributed by atoms with van der Waals surface area (Å²) in [6.07, 6.45) is 23.6. The van der Waals surface area contributed by atoms with Crippen LogP contribution in [0.25, 0.3) is 0 Å². The predicted octanol–water partition coefficient (Wildman–Crippen LogP) is 6.61. The zero-order chi connectivity index (χ0) is 34.5. The largest absolute Gasteiger partial charge is 0.394 e. The number of carbonyl (C=O) groups excluding carboxylic acids is 1. The second-order valence-electron chi connectivity index (χ2n) is 13.7. The van der Waals surface area contributed by atoms with E-state index in [1.54, 1.807) is 0 Å². The summed E-state index contributed by atoms with van der Waals surface area (Å²) in [7, 11) is 0. The Hall–Kier alpha value is -1.07. The lowest BCUT2D eigenvalue weighted by molar-refractivity contribution is -0.302. The number of amides is 1. The highest BCUT2D eigenvalue weighted by Crippen LogP contribution is 2.23. The van der Waals surface area contributed by atoms with Crippen molar-refractivity contribution in [2.45, 2.75) is 211 Å². The monoisotopic (exact) mass is 672 g/mol. The molecule has 6 N–H and O–H groups in total. The first-order chi connectivity index (χ1) is 22.8. The maximum absolute atomic E-state index is 12.9. The number of aliphatic hydroxyl groups is 5. The van der Waals surface area contributed by atoms with E-state index in [9.17, 15) is 30.3 Å². The summed E-state index contributed by atoms with van der Waals surface area (Å²) < 4.78 is 11.2. The fourth-order valence-corrected chi connectivity index (χ4v) is 6.15. The summed E-state index contributed by atoms with van der Waals surface area (Å²) in [6, 6.07) is -0.716. The lowest BCUT2D eigenvalue weighted by Crippen LogP contribution is -2.60. The first kappa shape index (κ1) is 44.0. The van der Waals surface area contributed by atoms with Crippen molar-refractivity contribution in [2.75, 3.05) is 13.2 Å². The number of unbranched alkanes of at least 4 members (excludes halogenated alkanes) is 19. The van der Waals surface area contributed by atoms with Gasteiger partial charge in [0.25, 0.3) is 0 Å². The molecule has 0 bridgehead atoms. The fourth-order valence-electron chi connectivity index (χ4n) is 6.15. The molecule has 9 heteroatoms. The van der Waals surface area contributed by atoms with Gasteiger partial charge in [-0.2, -0.15) is 0 Å². The maximum Gasteiger partial charge on any atom is 0.220 e. The smallest absolute Gasteiger partial charge is 0.220 e. The number of ether oxygens (including phenoxy) is 2. The number of nitrogens with one attached hydrogen (secondary N) is 1. The Morgan fingerprint density at radius 1 is 0.702 bits per heavy atom. The number of allylic oxidation sites excluding steroid dienone is 2. The molecule has 47 heavy (non-hydrogen) atoms. The SMILES string of the molecule is CCCCCCCC/C=C/CCCCCCCC(=O)N[C@@H](CO[C@H]1O[C@@H](CO)[C@H](O)C(O)C1O)[C@H](O)CCCCCCCCCCC. The van der Waals surface area contributed by atoms with E-state index in [2.05, 4.69) is 31.3 Å². The molecule has 1 rings (SSSR count). The topological polar surface area (TPSA) is 149 Å². The molecule has 0 aliphatic carbocycles. The van der Waals surface area contributed by atoms with Crippen molar-refractivity contribution in [1.82, 2.24) is 5.32 Å². The number of hydrogen-bond acceptors (Lipinski definition) is 8. The minimum atomic E-state index is -1.55. The normalized spacial score (nSPS) is 22.9. The van der Waals surface area contributed by atoms with Gasteiger partial charge in [0.2, 0.25) is 5.91 Å². The van der Waals surface area contributed by atoms with E-state index in [1.807, 2.05) is 0 Å². The molecule has 1 heterocycles. The van der Waals surface area contributed by atoms with Gasteiger partial charge in [0, 0.05) is 6.42 Å². The Morgan fingerprint density at radius 3 is 1.72 bits per heavy atom. The van der Waals surface area contributed by atoms with Crippen molar-refractivity contribution >= 4 is 5.91 Å². The first-order valence-corrected chi connectivity index (χ1v) is 19.4. The van der Waals surface area contributed by atoms with Crippen LogP contribution in [-0.4, -0.2) is 87.5 Å². The third kappa shape index (κ3) is 21.6. The molecule has 0 saturated carbocycles. The molecule has 2 unspecified atom stereocenters. The highest BCUT2D eigenvalue weighted by Gasteiger charge is 2.44. The van der Waals surface area contributed by atoms with Crippen molar-refractivity contribution in [2.24, 2.45) is 0 Å². The van der Waals surface area contributed by atoms with Crippen LogP contribution in [0.1, 0.15) is 168 Å². The molecule has 1 aliphatic rings. The van der Waals surface area contributed by atoms with E-state index in [-0.39, 0.29) is 12.5 Å². The van der Waals surface area contributed by atoms with Gasteiger partial charge >= 0.3 is 0 Å². The van der Waals surface area contributed by atoms with E-state index in [4.69, 9.17) is 9.47 Å². The van der Waals surface area contributed by atoms with Crippen LogP contribution in [0.4, 0.5) is 0 Å². The quantitative estimate of drug-likeness (QED) is 0.0357. The van der Waals surface area contributed by atoms with E-state index >= 15 is 0 Å². The van der Waals surface area contributed by atoms with Crippen LogP contribution in [0.2, 0.25) is 0 Å². The van der Waals surface area contributed by atoms with Gasteiger partial charge < -0.3 is 40.3 Å². The Labute approximate surface area is 286 Å². The molecule has 0 aromatic carbocycles. The summed E-state index contributed by atoms with van der Waals surface area (Å²) in [4.78, 5) is 12.9. The lowest BCUT2D eigenvalue weighted by Gasteiger charge is -2.40. The van der Waals surface area contributed by atoms with Gasteiger partial charge in [-0.05, 0) is 38.5 Å². The molecule has 1 fully saturated rings. The Balaban J connectivity index is 2.40. The fraction of sp³-hybridized carbons (Fsp3) is 0.921. The molecule has 7 atom stereocenters. The van der Waals surface area contributed by atoms with Crippen LogP contribution in [0.3, 0.4) is 0 Å².